The van der Waals surface area contributed by atoms with Gasteiger partial charge in [-0.1, -0.05) is 18.2 Å². The van der Waals surface area contributed by atoms with Gasteiger partial charge in [0, 0.05) is 11.3 Å². The number of fused-ring (bicyclic) bond motifs is 1. The monoisotopic (exact) mass is 401 g/mol. The van der Waals surface area contributed by atoms with Crippen molar-refractivity contribution in [1.29, 1.82) is 0 Å². The third-order valence-electron chi connectivity index (χ3n) is 4.36. The van der Waals surface area contributed by atoms with Crippen LogP contribution in [0.5, 0.6) is 11.5 Å². The number of amides is 2. The maximum atomic E-state index is 12.2. The van der Waals surface area contributed by atoms with Crippen LogP contribution in [-0.4, -0.2) is 35.2 Å². The normalized spacial score (nSPS) is 10.5. The molecule has 0 spiro atoms. The van der Waals surface area contributed by atoms with Crippen LogP contribution in [0.4, 0.5) is 16.3 Å². The molecule has 8 heteroatoms. The summed E-state index contributed by atoms with van der Waals surface area (Å²) in [7, 11) is 3.17. The van der Waals surface area contributed by atoms with E-state index in [4.69, 9.17) is 9.47 Å². The molecule has 2 amide bonds. The lowest BCUT2D eigenvalue weighted by molar-refractivity contribution is 0.262. The number of aromatic nitrogens is 3. The number of hydrogen-bond donors (Lipinski definition) is 2. The third-order valence-corrected chi connectivity index (χ3v) is 4.36. The molecule has 0 fully saturated rings. The van der Waals surface area contributed by atoms with Gasteiger partial charge in [0.1, 0.15) is 5.52 Å². The minimum absolute atomic E-state index is 0.299. The van der Waals surface area contributed by atoms with Gasteiger partial charge in [-0.3, -0.25) is 5.32 Å². The van der Waals surface area contributed by atoms with E-state index in [1.807, 2.05) is 48.5 Å². The number of ether oxygens (including phenoxy) is 2. The fourth-order valence-electron chi connectivity index (χ4n) is 2.91. The van der Waals surface area contributed by atoms with Crippen molar-refractivity contribution >= 4 is 28.7 Å². The summed E-state index contributed by atoms with van der Waals surface area (Å²) in [6.45, 7) is 0. The Bertz CT molecular complexity index is 1200. The molecule has 0 atom stereocenters. The maximum absolute atomic E-state index is 12.2. The average Bonchev–Trinajstić information content (AvgIpc) is 2.78. The molecule has 4 aromatic rings. The molecule has 0 aliphatic carbocycles. The lowest BCUT2D eigenvalue weighted by Gasteiger charge is -2.10. The lowest BCUT2D eigenvalue weighted by atomic mass is 10.1. The Morgan fingerprint density at radius 2 is 1.67 bits per heavy atom. The smallest absolute Gasteiger partial charge is 0.324 e. The number of nitrogens with one attached hydrogen (secondary N) is 2. The molecule has 4 rings (SSSR count). The van der Waals surface area contributed by atoms with Gasteiger partial charge in [-0.15, -0.1) is 0 Å². The molecule has 0 aliphatic heterocycles. The first kappa shape index (κ1) is 19.1. The second-order valence-electron chi connectivity index (χ2n) is 6.31. The first-order chi connectivity index (χ1) is 14.7. The van der Waals surface area contributed by atoms with Crippen LogP contribution in [0.1, 0.15) is 0 Å². The summed E-state index contributed by atoms with van der Waals surface area (Å²) in [5.41, 5.74) is 3.26. The predicted octanol–water partition coefficient (Wildman–Crippen LogP) is 4.35. The summed E-state index contributed by atoms with van der Waals surface area (Å²) in [6.07, 6.45) is 1.49. The highest BCUT2D eigenvalue weighted by Crippen LogP contribution is 2.32. The fraction of sp³-hybridized carbons (Fsp3) is 0.0909. The molecule has 0 radical (unpaired) electrons. The van der Waals surface area contributed by atoms with Crippen LogP contribution in [0, 0.1) is 0 Å². The lowest BCUT2D eigenvalue weighted by Crippen LogP contribution is -2.20. The minimum atomic E-state index is -0.411. The Morgan fingerprint density at radius 1 is 0.867 bits per heavy atom. The molecule has 8 nitrogen and oxygen atoms in total. The Labute approximate surface area is 172 Å². The van der Waals surface area contributed by atoms with Crippen molar-refractivity contribution in [3.63, 3.8) is 0 Å². The van der Waals surface area contributed by atoms with Crippen LogP contribution in [-0.2, 0) is 0 Å². The van der Waals surface area contributed by atoms with Gasteiger partial charge in [-0.05, 0) is 42.5 Å². The minimum Gasteiger partial charge on any atom is -0.493 e. The number of carbonyl (C=O) groups is 1. The van der Waals surface area contributed by atoms with E-state index in [0.29, 0.717) is 39.9 Å². The van der Waals surface area contributed by atoms with Crippen molar-refractivity contribution in [3.05, 3.63) is 66.9 Å². The van der Waals surface area contributed by atoms with Crippen LogP contribution in [0.25, 0.3) is 22.4 Å². The SMILES string of the molecule is COc1ccc(-c2ccc3ncc(NC(=O)Nc4ccccc4)nc3n2)cc1OC. The van der Waals surface area contributed by atoms with Gasteiger partial charge in [0.05, 0.1) is 26.1 Å². The number of nitrogens with zero attached hydrogens (tertiary/aromatic N) is 3. The molecule has 2 heterocycles. The number of hydrogen-bond acceptors (Lipinski definition) is 6. The standard InChI is InChI=1S/C22H19N5O3/c1-29-18-11-8-14(12-19(18)30-2)16-9-10-17-21(25-16)26-20(13-23-17)27-22(28)24-15-6-4-3-5-7-15/h3-13H,1-2H3,(H2,24,25,26,27,28). The average molecular weight is 401 g/mol. The van der Waals surface area contributed by atoms with Gasteiger partial charge in [0.15, 0.2) is 23.0 Å². The highest BCUT2D eigenvalue weighted by Gasteiger charge is 2.10. The van der Waals surface area contributed by atoms with E-state index in [9.17, 15) is 4.79 Å². The first-order valence-corrected chi connectivity index (χ1v) is 9.15. The van der Waals surface area contributed by atoms with Gasteiger partial charge < -0.3 is 14.8 Å². The van der Waals surface area contributed by atoms with Crippen LogP contribution in [0.15, 0.2) is 66.9 Å². The first-order valence-electron chi connectivity index (χ1n) is 9.15. The number of methoxy groups -OCH3 is 2. The van der Waals surface area contributed by atoms with Crippen LogP contribution < -0.4 is 20.1 Å². The van der Waals surface area contributed by atoms with Crippen molar-refractivity contribution in [2.24, 2.45) is 0 Å². The number of anilines is 2. The molecular formula is C22H19N5O3. The molecular weight excluding hydrogens is 382 g/mol. The van der Waals surface area contributed by atoms with E-state index in [2.05, 4.69) is 25.6 Å². The predicted molar refractivity (Wildman–Crippen MR) is 115 cm³/mol. The molecule has 0 saturated heterocycles. The van der Waals surface area contributed by atoms with Crippen molar-refractivity contribution in [2.45, 2.75) is 0 Å². The fourth-order valence-corrected chi connectivity index (χ4v) is 2.91. The Balaban J connectivity index is 1.59. The third kappa shape index (κ3) is 4.12. The summed E-state index contributed by atoms with van der Waals surface area (Å²) >= 11 is 0. The summed E-state index contributed by atoms with van der Waals surface area (Å²) in [4.78, 5) is 25.5. The second-order valence-corrected chi connectivity index (χ2v) is 6.31. The highest BCUT2D eigenvalue weighted by molar-refractivity contribution is 5.99. The summed E-state index contributed by atoms with van der Waals surface area (Å²) in [5, 5.41) is 5.41. The van der Waals surface area contributed by atoms with Gasteiger partial charge >= 0.3 is 6.03 Å². The zero-order chi connectivity index (χ0) is 20.9. The highest BCUT2D eigenvalue weighted by atomic mass is 16.5. The van der Waals surface area contributed by atoms with E-state index in [-0.39, 0.29) is 0 Å². The molecule has 30 heavy (non-hydrogen) atoms. The summed E-state index contributed by atoms with van der Waals surface area (Å²) in [6, 6.07) is 18.0. The molecule has 2 aromatic heterocycles. The van der Waals surface area contributed by atoms with Crippen LogP contribution >= 0.6 is 0 Å². The van der Waals surface area contributed by atoms with E-state index in [1.165, 1.54) is 6.20 Å². The number of urea groups is 1. The number of benzene rings is 2. The molecule has 150 valence electrons. The Hall–Kier alpha value is -4.20. The van der Waals surface area contributed by atoms with Crippen molar-refractivity contribution < 1.29 is 14.3 Å². The zero-order valence-corrected chi connectivity index (χ0v) is 16.4. The van der Waals surface area contributed by atoms with Gasteiger partial charge in [-0.2, -0.15) is 0 Å². The van der Waals surface area contributed by atoms with E-state index >= 15 is 0 Å². The molecule has 0 saturated carbocycles. The molecule has 0 bridgehead atoms. The van der Waals surface area contributed by atoms with Crippen molar-refractivity contribution in [3.8, 4) is 22.8 Å². The van der Waals surface area contributed by atoms with Crippen molar-refractivity contribution in [1.82, 2.24) is 15.0 Å². The van der Waals surface area contributed by atoms with Gasteiger partial charge in [0.25, 0.3) is 0 Å². The number of rotatable bonds is 5. The van der Waals surface area contributed by atoms with Gasteiger partial charge in [-0.25, -0.2) is 19.7 Å². The van der Waals surface area contributed by atoms with Crippen molar-refractivity contribution in [2.75, 3.05) is 24.9 Å². The molecule has 2 N–H and O–H groups in total. The second kappa shape index (κ2) is 8.44. The topological polar surface area (TPSA) is 98.3 Å². The molecule has 2 aromatic carbocycles. The number of para-hydroxylation sites is 1. The van der Waals surface area contributed by atoms with Crippen LogP contribution in [0.3, 0.4) is 0 Å². The van der Waals surface area contributed by atoms with E-state index < -0.39 is 6.03 Å². The van der Waals surface area contributed by atoms with E-state index in [1.54, 1.807) is 26.4 Å². The Kier molecular flexibility index (Phi) is 5.38. The number of pyridine rings is 1. The van der Waals surface area contributed by atoms with Gasteiger partial charge in [0.2, 0.25) is 0 Å². The molecule has 0 unspecified atom stereocenters. The summed E-state index contributed by atoms with van der Waals surface area (Å²) < 4.78 is 10.6. The maximum Gasteiger partial charge on any atom is 0.324 e. The van der Waals surface area contributed by atoms with Crippen LogP contribution in [0.2, 0.25) is 0 Å². The quantitative estimate of drug-likeness (QED) is 0.516. The largest absolute Gasteiger partial charge is 0.493 e. The Morgan fingerprint density at radius 3 is 2.43 bits per heavy atom. The molecule has 0 aliphatic rings. The number of carbonyl (C=O) groups excluding carboxylic acids is 1. The zero-order valence-electron chi connectivity index (χ0n) is 16.4. The summed E-state index contributed by atoms with van der Waals surface area (Å²) in [5.74, 6) is 1.54. The van der Waals surface area contributed by atoms with E-state index in [0.717, 1.165) is 5.56 Å².